The van der Waals surface area contributed by atoms with E-state index < -0.39 is 0 Å². The zero-order valence-electron chi connectivity index (χ0n) is 11.2. The number of quaternary nitrogens is 1. The van der Waals surface area contributed by atoms with Crippen molar-refractivity contribution in [2.75, 3.05) is 39.3 Å². The van der Waals surface area contributed by atoms with Gasteiger partial charge in [-0.1, -0.05) is 19.3 Å². The predicted octanol–water partition coefficient (Wildman–Crippen LogP) is 2.49. The molecule has 2 fully saturated rings. The maximum Gasteiger partial charge on any atom is 0.0916 e. The standard InChI is InChI=1S/C14H29N2/c1-3-16(4-2)12-10-15(11-13-16)14-8-6-5-7-9-14/h14H,3-13H2,1-2H3/q+1. The maximum absolute atomic E-state index is 2.79. The summed E-state index contributed by atoms with van der Waals surface area (Å²) in [6.07, 6.45) is 7.37. The van der Waals surface area contributed by atoms with Crippen LogP contribution in [0.2, 0.25) is 0 Å². The molecule has 0 aromatic carbocycles. The third-order valence-electron chi connectivity index (χ3n) is 5.16. The first-order chi connectivity index (χ1) is 7.79. The molecule has 0 spiro atoms. The van der Waals surface area contributed by atoms with Crippen LogP contribution in [-0.4, -0.2) is 54.7 Å². The molecule has 2 heteroatoms. The second-order valence-electron chi connectivity index (χ2n) is 5.75. The number of rotatable bonds is 3. The van der Waals surface area contributed by atoms with Gasteiger partial charge in [0, 0.05) is 19.1 Å². The van der Waals surface area contributed by atoms with Crippen molar-refractivity contribution >= 4 is 0 Å². The minimum Gasteiger partial charge on any atom is -0.322 e. The molecule has 0 aromatic heterocycles. The first-order valence-electron chi connectivity index (χ1n) is 7.39. The van der Waals surface area contributed by atoms with Gasteiger partial charge in [0.1, 0.15) is 0 Å². The van der Waals surface area contributed by atoms with E-state index in [-0.39, 0.29) is 0 Å². The lowest BCUT2D eigenvalue weighted by atomic mass is 9.93. The molecule has 2 aliphatic rings. The predicted molar refractivity (Wildman–Crippen MR) is 69.5 cm³/mol. The fourth-order valence-corrected chi connectivity index (χ4v) is 3.57. The Hall–Kier alpha value is -0.0800. The number of hydrogen-bond donors (Lipinski definition) is 0. The lowest BCUT2D eigenvalue weighted by Gasteiger charge is -2.46. The molecule has 0 unspecified atom stereocenters. The van der Waals surface area contributed by atoms with E-state index in [1.807, 2.05) is 0 Å². The third kappa shape index (κ3) is 2.60. The minimum atomic E-state index is 0.935. The van der Waals surface area contributed by atoms with Gasteiger partial charge in [-0.15, -0.1) is 0 Å². The molecule has 0 aromatic rings. The summed E-state index contributed by atoms with van der Waals surface area (Å²) >= 11 is 0. The van der Waals surface area contributed by atoms with Gasteiger partial charge >= 0.3 is 0 Å². The molecule has 0 bridgehead atoms. The monoisotopic (exact) mass is 225 g/mol. The molecule has 1 heterocycles. The molecule has 0 N–H and O–H groups in total. The van der Waals surface area contributed by atoms with E-state index in [1.165, 1.54) is 75.9 Å². The quantitative estimate of drug-likeness (QED) is 0.667. The van der Waals surface area contributed by atoms with E-state index in [4.69, 9.17) is 0 Å². The summed E-state index contributed by atoms with van der Waals surface area (Å²) in [4.78, 5) is 2.79. The van der Waals surface area contributed by atoms with Gasteiger partial charge in [-0.25, -0.2) is 0 Å². The summed E-state index contributed by atoms with van der Waals surface area (Å²) in [5.74, 6) is 0. The lowest BCUT2D eigenvalue weighted by molar-refractivity contribution is -0.929. The fraction of sp³-hybridized carbons (Fsp3) is 1.00. The Balaban J connectivity index is 1.84. The molecule has 1 saturated carbocycles. The highest BCUT2D eigenvalue weighted by molar-refractivity contribution is 4.77. The van der Waals surface area contributed by atoms with E-state index in [0.29, 0.717) is 0 Å². The van der Waals surface area contributed by atoms with E-state index >= 15 is 0 Å². The van der Waals surface area contributed by atoms with Crippen LogP contribution in [0.15, 0.2) is 0 Å². The topological polar surface area (TPSA) is 3.24 Å². The van der Waals surface area contributed by atoms with Crippen LogP contribution in [0.3, 0.4) is 0 Å². The van der Waals surface area contributed by atoms with Gasteiger partial charge in [-0.3, -0.25) is 4.90 Å². The molecule has 1 aliphatic heterocycles. The highest BCUT2D eigenvalue weighted by Gasteiger charge is 2.32. The van der Waals surface area contributed by atoms with E-state index in [2.05, 4.69) is 18.7 Å². The van der Waals surface area contributed by atoms with Crippen molar-refractivity contribution in [3.05, 3.63) is 0 Å². The molecule has 1 saturated heterocycles. The fourth-order valence-electron chi connectivity index (χ4n) is 3.57. The van der Waals surface area contributed by atoms with Gasteiger partial charge in [0.05, 0.1) is 26.2 Å². The normalized spacial score (nSPS) is 28.1. The molecule has 0 amide bonds. The minimum absolute atomic E-state index is 0.935. The van der Waals surface area contributed by atoms with Crippen LogP contribution in [0.5, 0.6) is 0 Å². The number of piperazine rings is 1. The SMILES string of the molecule is CC[N+]1(CC)CCN(C2CCCCC2)CC1. The van der Waals surface area contributed by atoms with Crippen molar-refractivity contribution in [2.24, 2.45) is 0 Å². The van der Waals surface area contributed by atoms with E-state index in [0.717, 1.165) is 6.04 Å². The van der Waals surface area contributed by atoms with E-state index in [9.17, 15) is 0 Å². The highest BCUT2D eigenvalue weighted by atomic mass is 15.4. The Morgan fingerprint density at radius 3 is 2.00 bits per heavy atom. The second-order valence-corrected chi connectivity index (χ2v) is 5.75. The number of hydrogen-bond acceptors (Lipinski definition) is 1. The van der Waals surface area contributed by atoms with Crippen molar-refractivity contribution in [1.82, 2.24) is 4.90 Å². The average molecular weight is 225 g/mol. The number of likely N-dealkylation sites (N-methyl/N-ethyl adjacent to an activating group) is 1. The average Bonchev–Trinajstić information content (AvgIpc) is 2.40. The summed E-state index contributed by atoms with van der Waals surface area (Å²) in [5.41, 5.74) is 0. The summed E-state index contributed by atoms with van der Waals surface area (Å²) in [6.45, 7) is 12.9. The number of nitrogens with zero attached hydrogens (tertiary/aromatic N) is 2. The Morgan fingerprint density at radius 2 is 1.50 bits per heavy atom. The van der Waals surface area contributed by atoms with Crippen LogP contribution in [0, 0.1) is 0 Å². The summed E-state index contributed by atoms with van der Waals surface area (Å²) in [6, 6.07) is 0.935. The van der Waals surface area contributed by atoms with Crippen LogP contribution in [-0.2, 0) is 0 Å². The smallest absolute Gasteiger partial charge is 0.0916 e. The highest BCUT2D eigenvalue weighted by Crippen LogP contribution is 2.24. The summed E-state index contributed by atoms with van der Waals surface area (Å²) in [5, 5.41) is 0. The molecule has 16 heavy (non-hydrogen) atoms. The maximum atomic E-state index is 2.79. The Kier molecular flexibility index (Phi) is 4.26. The van der Waals surface area contributed by atoms with E-state index in [1.54, 1.807) is 0 Å². The van der Waals surface area contributed by atoms with Crippen LogP contribution in [0.4, 0.5) is 0 Å². The molecule has 2 rings (SSSR count). The summed E-state index contributed by atoms with van der Waals surface area (Å²) in [7, 11) is 0. The lowest BCUT2D eigenvalue weighted by Crippen LogP contribution is -2.61. The van der Waals surface area contributed by atoms with Crippen LogP contribution in [0.1, 0.15) is 46.0 Å². The zero-order chi connectivity index (χ0) is 11.4. The van der Waals surface area contributed by atoms with Gasteiger partial charge in [0.2, 0.25) is 0 Å². The van der Waals surface area contributed by atoms with Crippen LogP contribution in [0.25, 0.3) is 0 Å². The second kappa shape index (κ2) is 5.50. The third-order valence-corrected chi connectivity index (χ3v) is 5.16. The molecule has 0 radical (unpaired) electrons. The molecule has 2 nitrogen and oxygen atoms in total. The van der Waals surface area contributed by atoms with Crippen LogP contribution < -0.4 is 0 Å². The van der Waals surface area contributed by atoms with Gasteiger partial charge in [0.25, 0.3) is 0 Å². The molecule has 0 atom stereocenters. The van der Waals surface area contributed by atoms with Crippen molar-refractivity contribution in [3.63, 3.8) is 0 Å². The summed E-state index contributed by atoms with van der Waals surface area (Å²) < 4.78 is 1.36. The first kappa shape index (κ1) is 12.4. The van der Waals surface area contributed by atoms with Crippen molar-refractivity contribution < 1.29 is 4.48 Å². The van der Waals surface area contributed by atoms with Gasteiger partial charge < -0.3 is 4.48 Å². The molecular weight excluding hydrogens is 196 g/mol. The zero-order valence-corrected chi connectivity index (χ0v) is 11.2. The van der Waals surface area contributed by atoms with Crippen molar-refractivity contribution in [2.45, 2.75) is 52.0 Å². The van der Waals surface area contributed by atoms with Crippen molar-refractivity contribution in [3.8, 4) is 0 Å². The van der Waals surface area contributed by atoms with Crippen LogP contribution >= 0.6 is 0 Å². The van der Waals surface area contributed by atoms with Gasteiger partial charge in [-0.05, 0) is 26.7 Å². The van der Waals surface area contributed by atoms with Gasteiger partial charge in [0.15, 0.2) is 0 Å². The molecule has 1 aliphatic carbocycles. The molecular formula is C14H29N2+. The Bertz CT molecular complexity index is 195. The first-order valence-corrected chi connectivity index (χ1v) is 7.39. The van der Waals surface area contributed by atoms with Crippen molar-refractivity contribution in [1.29, 1.82) is 0 Å². The Labute approximate surface area is 101 Å². The molecule has 94 valence electrons. The largest absolute Gasteiger partial charge is 0.322 e. The Morgan fingerprint density at radius 1 is 0.938 bits per heavy atom. The van der Waals surface area contributed by atoms with Gasteiger partial charge in [-0.2, -0.15) is 0 Å².